The van der Waals surface area contributed by atoms with Crippen molar-refractivity contribution >= 4 is 40.9 Å². The number of fused-ring (bicyclic) bond motifs is 9. The van der Waals surface area contributed by atoms with Crippen molar-refractivity contribution in [2.75, 3.05) is 7.11 Å². The first kappa shape index (κ1) is 21.0. The molecule has 1 aromatic carbocycles. The van der Waals surface area contributed by atoms with Gasteiger partial charge in [-0.25, -0.2) is 4.79 Å². The molecule has 3 fully saturated rings. The second kappa shape index (κ2) is 7.20. The minimum Gasteiger partial charge on any atom is -0.497 e. The molecule has 10 heteroatoms. The van der Waals surface area contributed by atoms with E-state index >= 15 is 0 Å². The molecule has 2 aliphatic carbocycles. The van der Waals surface area contributed by atoms with Crippen LogP contribution < -0.4 is 9.61 Å². The highest BCUT2D eigenvalue weighted by atomic mass is 32.2. The first-order valence-corrected chi connectivity index (χ1v) is 12.6. The highest BCUT2D eigenvalue weighted by Gasteiger charge is 2.70. The van der Waals surface area contributed by atoms with E-state index in [4.69, 9.17) is 4.74 Å². The second-order valence-corrected chi connectivity index (χ2v) is 11.5. The van der Waals surface area contributed by atoms with Crippen molar-refractivity contribution < 1.29 is 24.2 Å². The van der Waals surface area contributed by atoms with Crippen LogP contribution in [0.3, 0.4) is 0 Å². The van der Waals surface area contributed by atoms with Crippen LogP contribution in [0.2, 0.25) is 0 Å². The minimum atomic E-state index is -1.17. The van der Waals surface area contributed by atoms with E-state index in [1.54, 1.807) is 18.9 Å². The summed E-state index contributed by atoms with van der Waals surface area (Å²) >= 11 is 2.83. The molecule has 0 unspecified atom stereocenters. The second-order valence-electron chi connectivity index (χ2n) is 9.29. The number of carboxylic acid groups (broad SMARTS) is 1. The summed E-state index contributed by atoms with van der Waals surface area (Å²) in [6.45, 7) is 1.39. The molecule has 2 aliphatic heterocycles. The van der Waals surface area contributed by atoms with Crippen LogP contribution in [-0.4, -0.2) is 51.2 Å². The summed E-state index contributed by atoms with van der Waals surface area (Å²) in [4.78, 5) is 55.3. The molecule has 8 atom stereocenters. The number of carboxylic acids is 1. The minimum absolute atomic E-state index is 0.0188. The average Bonchev–Trinajstić information content (AvgIpc) is 3.52. The number of rotatable bonds is 4. The topological polar surface area (TPSA) is 117 Å². The van der Waals surface area contributed by atoms with Crippen LogP contribution in [0.4, 0.5) is 0 Å². The quantitative estimate of drug-likeness (QED) is 0.638. The lowest BCUT2D eigenvalue weighted by Crippen LogP contribution is -2.44. The molecule has 1 saturated heterocycles. The number of nitrogens with zero attached hydrogens (tertiary/aromatic N) is 1. The van der Waals surface area contributed by atoms with Gasteiger partial charge in [-0.3, -0.25) is 19.3 Å². The van der Waals surface area contributed by atoms with Crippen LogP contribution >= 0.6 is 23.1 Å². The molecule has 1 aromatic heterocycles. The number of hydrogen-bond donors (Lipinski definition) is 2. The Bertz CT molecular complexity index is 1240. The summed E-state index contributed by atoms with van der Waals surface area (Å²) in [6.07, 6.45) is 0.774. The van der Waals surface area contributed by atoms with Gasteiger partial charge in [0.25, 0.3) is 0 Å². The number of carbonyl (C=O) groups is 3. The smallest absolute Gasteiger partial charge is 0.326 e. The van der Waals surface area contributed by atoms with E-state index in [-0.39, 0.29) is 45.6 Å². The molecule has 172 valence electrons. The number of aromatic nitrogens is 1. The molecule has 4 aliphatic rings. The van der Waals surface area contributed by atoms with Crippen molar-refractivity contribution in [3.63, 3.8) is 0 Å². The number of hydrogen-bond acceptors (Lipinski definition) is 7. The van der Waals surface area contributed by atoms with E-state index in [1.807, 2.05) is 24.3 Å². The van der Waals surface area contributed by atoms with Crippen LogP contribution in [0, 0.1) is 29.6 Å². The molecular weight excluding hydrogens is 464 g/mol. The summed E-state index contributed by atoms with van der Waals surface area (Å²) in [5.41, 5.74) is 1.05. The van der Waals surface area contributed by atoms with Gasteiger partial charge in [-0.2, -0.15) is 0 Å². The molecule has 3 heterocycles. The number of amides is 2. The summed E-state index contributed by atoms with van der Waals surface area (Å²) in [5, 5.41) is 10.4. The number of likely N-dealkylation sites (tertiary alicyclic amines) is 1. The van der Waals surface area contributed by atoms with Crippen molar-refractivity contribution in [3.8, 4) is 5.75 Å². The Hall–Kier alpha value is -2.59. The monoisotopic (exact) mass is 486 g/mol. The largest absolute Gasteiger partial charge is 0.497 e. The average molecular weight is 487 g/mol. The Morgan fingerprint density at radius 3 is 2.45 bits per heavy atom. The summed E-state index contributed by atoms with van der Waals surface area (Å²) in [6, 6.07) is 6.65. The lowest BCUT2D eigenvalue weighted by atomic mass is 9.68. The van der Waals surface area contributed by atoms with Crippen LogP contribution in [0.1, 0.15) is 29.7 Å². The molecule has 2 amide bonds. The predicted octanol–water partition coefficient (Wildman–Crippen LogP) is 2.39. The van der Waals surface area contributed by atoms with Gasteiger partial charge in [-0.15, -0.1) is 11.8 Å². The van der Waals surface area contributed by atoms with Gasteiger partial charge in [0, 0.05) is 16.0 Å². The van der Waals surface area contributed by atoms with Crippen molar-refractivity contribution in [1.29, 1.82) is 0 Å². The lowest BCUT2D eigenvalue weighted by molar-refractivity contribution is -0.154. The maximum Gasteiger partial charge on any atom is 0.326 e. The summed E-state index contributed by atoms with van der Waals surface area (Å²) in [7, 11) is 1.61. The summed E-state index contributed by atoms with van der Waals surface area (Å²) < 4.78 is 5.31. The third kappa shape index (κ3) is 2.76. The zero-order valence-corrected chi connectivity index (χ0v) is 19.5. The van der Waals surface area contributed by atoms with Gasteiger partial charge in [0.2, 0.25) is 11.8 Å². The fourth-order valence-electron chi connectivity index (χ4n) is 6.72. The highest BCUT2D eigenvalue weighted by Crippen LogP contribution is 2.68. The lowest BCUT2D eigenvalue weighted by Gasteiger charge is -2.43. The van der Waals surface area contributed by atoms with Crippen molar-refractivity contribution in [2.24, 2.45) is 29.6 Å². The maximum absolute atomic E-state index is 13.3. The number of nitrogens with one attached hydrogen (secondary N) is 1. The van der Waals surface area contributed by atoms with Gasteiger partial charge in [0.05, 0.1) is 24.0 Å². The molecule has 8 nitrogen and oxygen atoms in total. The molecule has 2 N–H and O–H groups in total. The molecule has 33 heavy (non-hydrogen) atoms. The predicted molar refractivity (Wildman–Crippen MR) is 120 cm³/mol. The Balaban J connectivity index is 1.44. The van der Waals surface area contributed by atoms with Gasteiger partial charge < -0.3 is 14.8 Å². The standard InChI is InChI=1S/C23H22N2O6S2/c1-8(22(28)29)25-20(26)15-11-7-12(16(15)21(25)27)17-14(11)13(9-3-5-10(31-2)6-4-9)18-19(32-17)24-23(30)33-18/h3-6,8,11-17H,7H2,1-2H3,(H,24,30)(H,28,29)/t8-,11-,12+,13+,14+,15+,16-,17-/m1/s1. The number of benzene rings is 1. The van der Waals surface area contributed by atoms with E-state index in [9.17, 15) is 24.3 Å². The van der Waals surface area contributed by atoms with Crippen molar-refractivity contribution in [3.05, 3.63) is 44.4 Å². The van der Waals surface area contributed by atoms with Crippen LogP contribution in [0.25, 0.3) is 0 Å². The first-order chi connectivity index (χ1) is 15.8. The Labute approximate surface area is 197 Å². The Morgan fingerprint density at radius 1 is 1.15 bits per heavy atom. The third-order valence-electron chi connectivity index (χ3n) is 7.98. The van der Waals surface area contributed by atoms with Gasteiger partial charge >= 0.3 is 10.8 Å². The molecule has 0 spiro atoms. The van der Waals surface area contributed by atoms with E-state index in [0.717, 1.165) is 32.5 Å². The van der Waals surface area contributed by atoms with Crippen molar-refractivity contribution in [1.82, 2.24) is 9.88 Å². The van der Waals surface area contributed by atoms with E-state index in [1.165, 1.54) is 18.3 Å². The zero-order chi connectivity index (χ0) is 23.2. The SMILES string of the molecule is COc1ccc([C@@H]2c3sc(=O)[nH]c3S[C@@H]3[C@H]4C[C@@H]([C@@H]5C(=O)N([C@H](C)C(=O)O)C(=O)[C@H]45)[C@@H]23)cc1. The third-order valence-corrected chi connectivity index (χ3v) is 10.6. The summed E-state index contributed by atoms with van der Waals surface area (Å²) in [5.74, 6) is -2.11. The fraction of sp³-hybridized carbons (Fsp3) is 0.478. The van der Waals surface area contributed by atoms with Gasteiger partial charge in [0.15, 0.2) is 0 Å². The first-order valence-electron chi connectivity index (χ1n) is 10.9. The number of H-pyrrole nitrogens is 1. The van der Waals surface area contributed by atoms with Gasteiger partial charge in [-0.05, 0) is 48.8 Å². The van der Waals surface area contributed by atoms with E-state index in [2.05, 4.69) is 4.98 Å². The number of thiazole rings is 1. The highest BCUT2D eigenvalue weighted by molar-refractivity contribution is 8.00. The fourth-order valence-corrected chi connectivity index (χ4v) is 9.61. The van der Waals surface area contributed by atoms with Crippen LogP contribution in [-0.2, 0) is 14.4 Å². The van der Waals surface area contributed by atoms with Crippen LogP contribution in [0.5, 0.6) is 5.75 Å². The molecule has 2 bridgehead atoms. The van der Waals surface area contributed by atoms with Crippen LogP contribution in [0.15, 0.2) is 34.1 Å². The number of aliphatic carboxylic acids is 1. The number of imide groups is 1. The van der Waals surface area contributed by atoms with E-state index < -0.39 is 23.8 Å². The van der Waals surface area contributed by atoms with Gasteiger partial charge in [0.1, 0.15) is 11.8 Å². The number of carbonyl (C=O) groups excluding carboxylic acids is 2. The maximum atomic E-state index is 13.3. The zero-order valence-electron chi connectivity index (χ0n) is 17.9. The number of aromatic amines is 1. The molecular formula is C23H22N2O6S2. The number of thioether (sulfide) groups is 1. The Morgan fingerprint density at radius 2 is 1.82 bits per heavy atom. The van der Waals surface area contributed by atoms with Gasteiger partial charge in [-0.1, -0.05) is 23.5 Å². The number of ether oxygens (including phenoxy) is 1. The molecule has 0 radical (unpaired) electrons. The Kier molecular flexibility index (Phi) is 4.58. The molecule has 6 rings (SSSR count). The normalized spacial score (nSPS) is 34.7. The number of methoxy groups -OCH3 is 1. The molecule has 2 aromatic rings. The molecule has 2 saturated carbocycles. The van der Waals surface area contributed by atoms with Crippen molar-refractivity contribution in [2.45, 2.75) is 35.6 Å². The van der Waals surface area contributed by atoms with E-state index in [0.29, 0.717) is 0 Å².